The first-order valence-corrected chi connectivity index (χ1v) is 7.48. The quantitative estimate of drug-likeness (QED) is 0.854. The number of carbonyl (C=O) groups excluding carboxylic acids is 3. The van der Waals surface area contributed by atoms with Gasteiger partial charge in [0.05, 0.1) is 5.75 Å². The Kier molecular flexibility index (Phi) is 5.21. The van der Waals surface area contributed by atoms with Crippen LogP contribution in [-0.4, -0.2) is 47.4 Å². The van der Waals surface area contributed by atoms with Crippen molar-refractivity contribution in [3.05, 3.63) is 29.8 Å². The van der Waals surface area contributed by atoms with Gasteiger partial charge >= 0.3 is 0 Å². The van der Waals surface area contributed by atoms with Gasteiger partial charge in [-0.15, -0.1) is 0 Å². The average molecular weight is 308 g/mol. The molecule has 0 spiro atoms. The Balaban J connectivity index is 1.67. The molecule has 1 aliphatic rings. The van der Waals surface area contributed by atoms with Crippen molar-refractivity contribution in [2.24, 2.45) is 0 Å². The van der Waals surface area contributed by atoms with Crippen LogP contribution < -0.4 is 10.1 Å². The monoisotopic (exact) mass is 308 g/mol. The lowest BCUT2D eigenvalue weighted by Gasteiger charge is -2.13. The fourth-order valence-electron chi connectivity index (χ4n) is 1.74. The third kappa shape index (κ3) is 4.49. The number of ether oxygens (including phenoxy) is 1. The van der Waals surface area contributed by atoms with Crippen molar-refractivity contribution < 1.29 is 19.1 Å². The maximum atomic E-state index is 11.6. The highest BCUT2D eigenvalue weighted by Crippen LogP contribution is 2.17. The second kappa shape index (κ2) is 7.12. The standard InChI is InChI=1S/C14H16N2O4S/c1-10-2-4-11(5-3-10)20-8-12(17)15-6-7-16-13(18)9-21-14(16)19/h2-5H,6-9H2,1H3,(H,15,17). The smallest absolute Gasteiger partial charge is 0.288 e. The van der Waals surface area contributed by atoms with Gasteiger partial charge in [-0.1, -0.05) is 29.5 Å². The molecule has 0 aromatic heterocycles. The second-order valence-electron chi connectivity index (χ2n) is 4.55. The Morgan fingerprint density at radius 1 is 1.33 bits per heavy atom. The van der Waals surface area contributed by atoms with E-state index in [2.05, 4.69) is 5.32 Å². The van der Waals surface area contributed by atoms with E-state index in [4.69, 9.17) is 4.74 Å². The number of imide groups is 1. The minimum atomic E-state index is -0.290. The largest absolute Gasteiger partial charge is 0.484 e. The summed E-state index contributed by atoms with van der Waals surface area (Å²) in [5.41, 5.74) is 1.12. The number of hydrogen-bond donors (Lipinski definition) is 1. The van der Waals surface area contributed by atoms with Crippen molar-refractivity contribution in [3.63, 3.8) is 0 Å². The highest BCUT2D eigenvalue weighted by Gasteiger charge is 2.29. The Labute approximate surface area is 126 Å². The van der Waals surface area contributed by atoms with Gasteiger partial charge in [-0.2, -0.15) is 0 Å². The van der Waals surface area contributed by atoms with Crippen LogP contribution in [0.5, 0.6) is 5.75 Å². The van der Waals surface area contributed by atoms with Gasteiger partial charge in [-0.25, -0.2) is 0 Å². The molecule has 0 radical (unpaired) electrons. The molecule has 1 fully saturated rings. The van der Waals surface area contributed by atoms with Crippen LogP contribution in [0.1, 0.15) is 5.56 Å². The number of nitrogens with zero attached hydrogens (tertiary/aromatic N) is 1. The number of rotatable bonds is 6. The molecule has 0 unspecified atom stereocenters. The van der Waals surface area contributed by atoms with Gasteiger partial charge in [0.15, 0.2) is 6.61 Å². The number of thioether (sulfide) groups is 1. The van der Waals surface area contributed by atoms with E-state index in [1.165, 1.54) is 0 Å². The normalized spacial score (nSPS) is 14.4. The minimum absolute atomic E-state index is 0.0975. The van der Waals surface area contributed by atoms with Gasteiger partial charge < -0.3 is 10.1 Å². The van der Waals surface area contributed by atoms with E-state index < -0.39 is 0 Å². The highest BCUT2D eigenvalue weighted by atomic mass is 32.2. The van der Waals surface area contributed by atoms with Crippen molar-refractivity contribution >= 4 is 28.8 Å². The molecule has 0 bridgehead atoms. The Hall–Kier alpha value is -2.02. The zero-order valence-electron chi connectivity index (χ0n) is 11.6. The molecule has 0 atom stereocenters. The summed E-state index contributed by atoms with van der Waals surface area (Å²) in [5, 5.41) is 2.35. The van der Waals surface area contributed by atoms with E-state index in [1.54, 1.807) is 12.1 Å². The minimum Gasteiger partial charge on any atom is -0.484 e. The molecule has 21 heavy (non-hydrogen) atoms. The third-order valence-corrected chi connectivity index (χ3v) is 3.75. The summed E-state index contributed by atoms with van der Waals surface area (Å²) >= 11 is 0.981. The molecule has 1 aliphatic heterocycles. The van der Waals surface area contributed by atoms with Crippen LogP contribution in [0.2, 0.25) is 0 Å². The van der Waals surface area contributed by atoms with Gasteiger partial charge in [0.2, 0.25) is 5.91 Å². The predicted molar refractivity (Wildman–Crippen MR) is 79.3 cm³/mol. The van der Waals surface area contributed by atoms with Crippen molar-refractivity contribution in [1.82, 2.24) is 10.2 Å². The first-order chi connectivity index (χ1) is 10.1. The number of aryl methyl sites for hydroxylation is 1. The molecular weight excluding hydrogens is 292 g/mol. The fraction of sp³-hybridized carbons (Fsp3) is 0.357. The fourth-order valence-corrected chi connectivity index (χ4v) is 2.49. The van der Waals surface area contributed by atoms with Gasteiger partial charge in [0.1, 0.15) is 5.75 Å². The zero-order valence-corrected chi connectivity index (χ0v) is 12.4. The highest BCUT2D eigenvalue weighted by molar-refractivity contribution is 8.14. The topological polar surface area (TPSA) is 75.7 Å². The lowest BCUT2D eigenvalue weighted by molar-refractivity contribution is -0.126. The molecule has 1 aromatic carbocycles. The van der Waals surface area contributed by atoms with Gasteiger partial charge in [0, 0.05) is 13.1 Å². The lowest BCUT2D eigenvalue weighted by atomic mass is 10.2. The first-order valence-electron chi connectivity index (χ1n) is 6.49. The number of amides is 3. The maximum Gasteiger partial charge on any atom is 0.288 e. The average Bonchev–Trinajstić information content (AvgIpc) is 2.78. The molecule has 0 saturated carbocycles. The number of hydrogen-bond acceptors (Lipinski definition) is 5. The van der Waals surface area contributed by atoms with Crippen molar-refractivity contribution in [1.29, 1.82) is 0 Å². The second-order valence-corrected chi connectivity index (χ2v) is 5.48. The van der Waals surface area contributed by atoms with E-state index in [0.29, 0.717) is 5.75 Å². The van der Waals surface area contributed by atoms with Crippen LogP contribution in [0.4, 0.5) is 4.79 Å². The van der Waals surface area contributed by atoms with Gasteiger partial charge in [0.25, 0.3) is 11.1 Å². The van der Waals surface area contributed by atoms with Gasteiger partial charge in [-0.05, 0) is 19.1 Å². The summed E-state index contributed by atoms with van der Waals surface area (Å²) in [6, 6.07) is 7.38. The molecule has 112 valence electrons. The molecule has 1 N–H and O–H groups in total. The molecule has 1 aromatic rings. The first kappa shape index (κ1) is 15.4. The molecule has 3 amide bonds. The Morgan fingerprint density at radius 2 is 2.05 bits per heavy atom. The molecule has 7 heteroatoms. The molecule has 1 heterocycles. The molecule has 0 aliphatic carbocycles. The lowest BCUT2D eigenvalue weighted by Crippen LogP contribution is -2.38. The van der Waals surface area contributed by atoms with E-state index in [0.717, 1.165) is 22.2 Å². The van der Waals surface area contributed by atoms with Crippen molar-refractivity contribution in [2.45, 2.75) is 6.92 Å². The molecule has 6 nitrogen and oxygen atoms in total. The molecular formula is C14H16N2O4S. The van der Waals surface area contributed by atoms with Crippen LogP contribution in [-0.2, 0) is 9.59 Å². The summed E-state index contributed by atoms with van der Waals surface area (Å²) in [6.07, 6.45) is 0. The van der Waals surface area contributed by atoms with Crippen LogP contribution in [0, 0.1) is 6.92 Å². The molecule has 1 saturated heterocycles. The Bertz CT molecular complexity index is 528. The zero-order chi connectivity index (χ0) is 15.2. The number of carbonyl (C=O) groups is 3. The maximum absolute atomic E-state index is 11.6. The van der Waals surface area contributed by atoms with Gasteiger partial charge in [-0.3, -0.25) is 19.3 Å². The van der Waals surface area contributed by atoms with E-state index in [9.17, 15) is 14.4 Å². The van der Waals surface area contributed by atoms with E-state index >= 15 is 0 Å². The summed E-state index contributed by atoms with van der Waals surface area (Å²) in [4.78, 5) is 35.4. The Morgan fingerprint density at radius 3 is 2.67 bits per heavy atom. The van der Waals surface area contributed by atoms with Crippen LogP contribution in [0.25, 0.3) is 0 Å². The van der Waals surface area contributed by atoms with Crippen molar-refractivity contribution in [3.8, 4) is 5.75 Å². The number of nitrogens with one attached hydrogen (secondary N) is 1. The summed E-state index contributed by atoms with van der Waals surface area (Å²) in [6.45, 7) is 2.30. The van der Waals surface area contributed by atoms with E-state index in [-0.39, 0.29) is 42.5 Å². The van der Waals surface area contributed by atoms with Crippen LogP contribution >= 0.6 is 11.8 Å². The van der Waals surface area contributed by atoms with Crippen LogP contribution in [0.3, 0.4) is 0 Å². The van der Waals surface area contributed by atoms with E-state index in [1.807, 2.05) is 19.1 Å². The summed E-state index contributed by atoms with van der Waals surface area (Å²) in [5.74, 6) is 0.304. The SMILES string of the molecule is Cc1ccc(OCC(=O)NCCN2C(=O)CSC2=O)cc1. The van der Waals surface area contributed by atoms with Crippen molar-refractivity contribution in [2.75, 3.05) is 25.4 Å². The predicted octanol–water partition coefficient (Wildman–Crippen LogP) is 1.19. The van der Waals surface area contributed by atoms with Crippen LogP contribution in [0.15, 0.2) is 24.3 Å². The third-order valence-electron chi connectivity index (χ3n) is 2.89. The summed E-state index contributed by atoms with van der Waals surface area (Å²) < 4.78 is 5.32. The summed E-state index contributed by atoms with van der Waals surface area (Å²) in [7, 11) is 0. The molecule has 2 rings (SSSR count). The number of benzene rings is 1.